The standard InChI is InChI=1S/C23H15ClN4O2S/c24-15-6-8-17-14(10-15)11-19(26-17)22(30)25-16-7-9-18-20(12-16)31-23(27-18)28-21(29)13-4-2-1-3-5-13/h1-12,26H,(H,25,30)(H,27,28,29). The summed E-state index contributed by atoms with van der Waals surface area (Å²) in [5.74, 6) is -0.471. The van der Waals surface area contributed by atoms with Crippen molar-refractivity contribution >= 4 is 66.7 Å². The highest BCUT2D eigenvalue weighted by molar-refractivity contribution is 7.22. The first kappa shape index (κ1) is 19.3. The number of carbonyl (C=O) groups excluding carboxylic acids is 2. The van der Waals surface area contributed by atoms with Crippen LogP contribution < -0.4 is 10.6 Å². The second-order valence-electron chi connectivity index (χ2n) is 6.89. The molecule has 0 aliphatic rings. The van der Waals surface area contributed by atoms with Crippen molar-refractivity contribution in [3.05, 3.63) is 89.1 Å². The lowest BCUT2D eigenvalue weighted by atomic mass is 10.2. The van der Waals surface area contributed by atoms with Gasteiger partial charge in [0.15, 0.2) is 5.13 Å². The van der Waals surface area contributed by atoms with Crippen LogP contribution in [0.25, 0.3) is 21.1 Å². The third kappa shape index (κ3) is 4.01. The average molecular weight is 447 g/mol. The van der Waals surface area contributed by atoms with Crippen molar-refractivity contribution in [1.29, 1.82) is 0 Å². The van der Waals surface area contributed by atoms with Gasteiger partial charge < -0.3 is 10.3 Å². The fraction of sp³-hybridized carbons (Fsp3) is 0. The van der Waals surface area contributed by atoms with E-state index in [0.717, 1.165) is 21.1 Å². The van der Waals surface area contributed by atoms with Gasteiger partial charge in [0.1, 0.15) is 5.69 Å². The number of hydrogen-bond acceptors (Lipinski definition) is 4. The van der Waals surface area contributed by atoms with Gasteiger partial charge in [-0.2, -0.15) is 0 Å². The first-order chi connectivity index (χ1) is 15.0. The second kappa shape index (κ2) is 7.86. The third-order valence-electron chi connectivity index (χ3n) is 4.73. The molecule has 0 saturated heterocycles. The van der Waals surface area contributed by atoms with Crippen molar-refractivity contribution in [1.82, 2.24) is 9.97 Å². The summed E-state index contributed by atoms with van der Waals surface area (Å²) in [6, 6.07) is 21.6. The van der Waals surface area contributed by atoms with Gasteiger partial charge in [0, 0.05) is 27.2 Å². The summed E-state index contributed by atoms with van der Waals surface area (Å²) in [5, 5.41) is 7.69. The molecule has 0 unspecified atom stereocenters. The van der Waals surface area contributed by atoms with E-state index in [1.165, 1.54) is 11.3 Å². The molecule has 0 bridgehead atoms. The molecule has 2 amide bonds. The number of nitrogens with one attached hydrogen (secondary N) is 3. The summed E-state index contributed by atoms with van der Waals surface area (Å²) in [6.45, 7) is 0. The normalized spacial score (nSPS) is 11.0. The van der Waals surface area contributed by atoms with E-state index in [9.17, 15) is 9.59 Å². The zero-order valence-electron chi connectivity index (χ0n) is 16.0. The Kier molecular flexibility index (Phi) is 4.89. The van der Waals surface area contributed by atoms with Crippen LogP contribution in [0, 0.1) is 0 Å². The molecule has 2 heterocycles. The number of benzene rings is 3. The minimum Gasteiger partial charge on any atom is -0.351 e. The summed E-state index contributed by atoms with van der Waals surface area (Å²) in [6.07, 6.45) is 0. The van der Waals surface area contributed by atoms with Crippen molar-refractivity contribution in [2.75, 3.05) is 10.6 Å². The van der Waals surface area contributed by atoms with Gasteiger partial charge in [0.2, 0.25) is 0 Å². The number of hydrogen-bond donors (Lipinski definition) is 3. The number of H-pyrrole nitrogens is 1. The highest BCUT2D eigenvalue weighted by atomic mass is 35.5. The molecule has 31 heavy (non-hydrogen) atoms. The van der Waals surface area contributed by atoms with Gasteiger partial charge in [-0.05, 0) is 54.6 Å². The van der Waals surface area contributed by atoms with E-state index in [0.29, 0.717) is 27.1 Å². The largest absolute Gasteiger partial charge is 0.351 e. The minimum atomic E-state index is -0.256. The Balaban J connectivity index is 1.34. The SMILES string of the molecule is O=C(Nc1nc2ccc(NC(=O)c3cc4cc(Cl)ccc4[nH]3)cc2s1)c1ccccc1. The average Bonchev–Trinajstić information content (AvgIpc) is 3.37. The zero-order valence-corrected chi connectivity index (χ0v) is 17.6. The van der Waals surface area contributed by atoms with Crippen molar-refractivity contribution in [3.63, 3.8) is 0 Å². The molecule has 3 N–H and O–H groups in total. The van der Waals surface area contributed by atoms with E-state index < -0.39 is 0 Å². The smallest absolute Gasteiger partial charge is 0.272 e. The van der Waals surface area contributed by atoms with Crippen LogP contribution in [0.15, 0.2) is 72.8 Å². The van der Waals surface area contributed by atoms with E-state index in [2.05, 4.69) is 20.6 Å². The maximum Gasteiger partial charge on any atom is 0.272 e. The number of aromatic nitrogens is 2. The lowest BCUT2D eigenvalue weighted by molar-refractivity contribution is 0.101. The molecule has 0 saturated carbocycles. The molecule has 8 heteroatoms. The third-order valence-corrected chi connectivity index (χ3v) is 5.90. The molecule has 0 aliphatic heterocycles. The summed E-state index contributed by atoms with van der Waals surface area (Å²) >= 11 is 7.36. The lowest BCUT2D eigenvalue weighted by Gasteiger charge is -2.03. The number of thiazole rings is 1. The van der Waals surface area contributed by atoms with Crippen LogP contribution in [0.5, 0.6) is 0 Å². The van der Waals surface area contributed by atoms with E-state index in [1.807, 2.05) is 36.4 Å². The van der Waals surface area contributed by atoms with Gasteiger partial charge in [0.05, 0.1) is 10.2 Å². The Hall–Kier alpha value is -3.68. The van der Waals surface area contributed by atoms with Gasteiger partial charge in [-0.3, -0.25) is 14.9 Å². The molecule has 0 atom stereocenters. The predicted molar refractivity (Wildman–Crippen MR) is 125 cm³/mol. The maximum absolute atomic E-state index is 12.7. The minimum absolute atomic E-state index is 0.216. The van der Waals surface area contributed by atoms with E-state index in [1.54, 1.807) is 36.4 Å². The van der Waals surface area contributed by atoms with Crippen LogP contribution in [0.1, 0.15) is 20.8 Å². The first-order valence-electron chi connectivity index (χ1n) is 9.42. The molecule has 0 fully saturated rings. The van der Waals surface area contributed by atoms with Gasteiger partial charge in [-0.25, -0.2) is 4.98 Å². The highest BCUT2D eigenvalue weighted by Gasteiger charge is 2.13. The second-order valence-corrected chi connectivity index (χ2v) is 8.36. The number of rotatable bonds is 4. The number of carbonyl (C=O) groups is 2. The quantitative estimate of drug-likeness (QED) is 0.319. The lowest BCUT2D eigenvalue weighted by Crippen LogP contribution is -2.11. The van der Waals surface area contributed by atoms with Crippen molar-refractivity contribution in [2.45, 2.75) is 0 Å². The van der Waals surface area contributed by atoms with E-state index in [4.69, 9.17) is 11.6 Å². The summed E-state index contributed by atoms with van der Waals surface area (Å²) in [4.78, 5) is 32.6. The van der Waals surface area contributed by atoms with Crippen LogP contribution in [-0.2, 0) is 0 Å². The first-order valence-corrected chi connectivity index (χ1v) is 10.6. The van der Waals surface area contributed by atoms with Crippen molar-refractivity contribution < 1.29 is 9.59 Å². The monoisotopic (exact) mass is 446 g/mol. The fourth-order valence-electron chi connectivity index (χ4n) is 3.24. The Morgan fingerprint density at radius 1 is 0.903 bits per heavy atom. The molecular formula is C23H15ClN4O2S. The fourth-order valence-corrected chi connectivity index (χ4v) is 4.32. The highest BCUT2D eigenvalue weighted by Crippen LogP contribution is 2.29. The van der Waals surface area contributed by atoms with Crippen molar-refractivity contribution in [2.24, 2.45) is 0 Å². The number of nitrogens with zero attached hydrogens (tertiary/aromatic N) is 1. The van der Waals surface area contributed by atoms with Crippen LogP contribution in [0.4, 0.5) is 10.8 Å². The number of amides is 2. The number of aromatic amines is 1. The molecule has 152 valence electrons. The summed E-state index contributed by atoms with van der Waals surface area (Å²) in [7, 11) is 0. The number of anilines is 2. The number of fused-ring (bicyclic) bond motifs is 2. The molecule has 5 rings (SSSR count). The van der Waals surface area contributed by atoms with Gasteiger partial charge in [-0.15, -0.1) is 0 Å². The molecule has 0 spiro atoms. The van der Waals surface area contributed by atoms with E-state index in [-0.39, 0.29) is 11.8 Å². The van der Waals surface area contributed by atoms with Crippen LogP contribution >= 0.6 is 22.9 Å². The number of halogens is 1. The molecule has 3 aromatic carbocycles. The van der Waals surface area contributed by atoms with Crippen molar-refractivity contribution in [3.8, 4) is 0 Å². The molecule has 6 nitrogen and oxygen atoms in total. The zero-order chi connectivity index (χ0) is 21.4. The summed E-state index contributed by atoms with van der Waals surface area (Å²) in [5.41, 5.74) is 3.23. The van der Waals surface area contributed by atoms with Crippen LogP contribution in [0.2, 0.25) is 5.02 Å². The molecule has 2 aromatic heterocycles. The van der Waals surface area contributed by atoms with Gasteiger partial charge >= 0.3 is 0 Å². The van der Waals surface area contributed by atoms with E-state index >= 15 is 0 Å². The Bertz CT molecular complexity index is 1440. The Labute approximate surface area is 185 Å². The van der Waals surface area contributed by atoms with Crippen LogP contribution in [0.3, 0.4) is 0 Å². The summed E-state index contributed by atoms with van der Waals surface area (Å²) < 4.78 is 0.851. The molecule has 5 aromatic rings. The van der Waals surface area contributed by atoms with Crippen LogP contribution in [-0.4, -0.2) is 21.8 Å². The molecule has 0 aliphatic carbocycles. The Morgan fingerprint density at radius 3 is 2.58 bits per heavy atom. The van der Waals surface area contributed by atoms with Gasteiger partial charge in [-0.1, -0.05) is 41.1 Å². The molecular weight excluding hydrogens is 432 g/mol. The van der Waals surface area contributed by atoms with Gasteiger partial charge in [0.25, 0.3) is 11.8 Å². The molecule has 0 radical (unpaired) electrons. The maximum atomic E-state index is 12.7. The topological polar surface area (TPSA) is 86.9 Å². The predicted octanol–water partition coefficient (Wildman–Crippen LogP) is 5.94. The Morgan fingerprint density at radius 2 is 1.74 bits per heavy atom.